The van der Waals surface area contributed by atoms with Gasteiger partial charge in [-0.15, -0.1) is 11.3 Å². The summed E-state index contributed by atoms with van der Waals surface area (Å²) in [5.74, 6) is 0.688. The molecule has 1 unspecified atom stereocenters. The third-order valence-electron chi connectivity index (χ3n) is 2.67. The fourth-order valence-electron chi connectivity index (χ4n) is 1.84. The Bertz CT molecular complexity index is 539. The highest BCUT2D eigenvalue weighted by atomic mass is 32.1. The van der Waals surface area contributed by atoms with E-state index in [0.717, 1.165) is 11.3 Å². The fraction of sp³-hybridized carbons (Fsp3) is 0.167. The van der Waals surface area contributed by atoms with Gasteiger partial charge in [-0.2, -0.15) is 0 Å². The van der Waals surface area contributed by atoms with Crippen molar-refractivity contribution in [2.24, 2.45) is 0 Å². The molecule has 0 saturated carbocycles. The topological polar surface area (TPSA) is 51.2 Å². The molecule has 1 aliphatic rings. The first kappa shape index (κ1) is 10.3. The van der Waals surface area contributed by atoms with Gasteiger partial charge in [0.05, 0.1) is 11.6 Å². The van der Waals surface area contributed by atoms with Crippen LogP contribution in [0.15, 0.2) is 35.2 Å². The summed E-state index contributed by atoms with van der Waals surface area (Å²) in [7, 11) is 0. The number of hydrogen-bond acceptors (Lipinski definition) is 4. The minimum absolute atomic E-state index is 0.0830. The molecule has 1 N–H and O–H groups in total. The quantitative estimate of drug-likeness (QED) is 0.881. The maximum atomic E-state index is 11.8. The third-order valence-corrected chi connectivity index (χ3v) is 3.26. The molecule has 17 heavy (non-hydrogen) atoms. The number of carbonyl (C=O) groups is 1. The normalized spacial score (nSPS) is 17.3. The first-order valence-corrected chi connectivity index (χ1v) is 6.19. The second kappa shape index (κ2) is 4.18. The molecule has 0 radical (unpaired) electrons. The molecule has 0 fully saturated rings. The van der Waals surface area contributed by atoms with Crippen LogP contribution in [0, 0.1) is 0 Å². The van der Waals surface area contributed by atoms with Crippen LogP contribution in [-0.2, 0) is 0 Å². The minimum atomic E-state index is -0.156. The van der Waals surface area contributed by atoms with E-state index in [1.54, 1.807) is 10.9 Å². The molecule has 0 aliphatic carbocycles. The van der Waals surface area contributed by atoms with Gasteiger partial charge >= 0.3 is 0 Å². The second-order valence-electron chi connectivity index (χ2n) is 3.75. The van der Waals surface area contributed by atoms with E-state index in [9.17, 15) is 4.79 Å². The highest BCUT2D eigenvalue weighted by molar-refractivity contribution is 7.07. The lowest BCUT2D eigenvalue weighted by molar-refractivity contribution is 0.0926. The van der Waals surface area contributed by atoms with Crippen LogP contribution in [0.3, 0.4) is 0 Å². The monoisotopic (exact) mass is 246 g/mol. The summed E-state index contributed by atoms with van der Waals surface area (Å²) < 4.78 is 5.50. The summed E-state index contributed by atoms with van der Waals surface area (Å²) in [5.41, 5.74) is 3.13. The third kappa shape index (κ3) is 1.89. The lowest BCUT2D eigenvalue weighted by Crippen LogP contribution is -2.29. The molecule has 1 atom stereocenters. The Balaban J connectivity index is 1.78. The zero-order chi connectivity index (χ0) is 11.7. The van der Waals surface area contributed by atoms with Crippen molar-refractivity contribution in [3.63, 3.8) is 0 Å². The van der Waals surface area contributed by atoms with Crippen LogP contribution in [0.25, 0.3) is 0 Å². The molecule has 1 amide bonds. The van der Waals surface area contributed by atoms with E-state index in [4.69, 9.17) is 4.74 Å². The van der Waals surface area contributed by atoms with Gasteiger partial charge in [0.15, 0.2) is 0 Å². The molecule has 1 aromatic heterocycles. The Hall–Kier alpha value is -1.88. The van der Waals surface area contributed by atoms with Crippen LogP contribution in [0.2, 0.25) is 0 Å². The van der Waals surface area contributed by atoms with E-state index in [1.165, 1.54) is 11.3 Å². The molecule has 5 heteroatoms. The molecule has 2 aromatic rings. The summed E-state index contributed by atoms with van der Waals surface area (Å²) in [6.07, 6.45) is 0. The van der Waals surface area contributed by atoms with Gasteiger partial charge in [0.1, 0.15) is 18.1 Å². The zero-order valence-corrected chi connectivity index (χ0v) is 9.74. The van der Waals surface area contributed by atoms with Crippen LogP contribution in [0.1, 0.15) is 22.1 Å². The lowest BCUT2D eigenvalue weighted by Gasteiger charge is -2.10. The number of aromatic nitrogens is 1. The van der Waals surface area contributed by atoms with E-state index < -0.39 is 0 Å². The fourth-order valence-corrected chi connectivity index (χ4v) is 2.37. The Morgan fingerprint density at radius 1 is 1.47 bits per heavy atom. The van der Waals surface area contributed by atoms with Crippen molar-refractivity contribution in [1.82, 2.24) is 10.3 Å². The number of thiazole rings is 1. The Kier molecular flexibility index (Phi) is 2.53. The number of nitrogens with zero attached hydrogens (tertiary/aromatic N) is 1. The van der Waals surface area contributed by atoms with Crippen molar-refractivity contribution in [2.45, 2.75) is 6.04 Å². The van der Waals surface area contributed by atoms with Crippen LogP contribution < -0.4 is 10.1 Å². The zero-order valence-electron chi connectivity index (χ0n) is 8.92. The molecule has 0 bridgehead atoms. The van der Waals surface area contributed by atoms with Crippen molar-refractivity contribution in [3.8, 4) is 5.75 Å². The summed E-state index contributed by atoms with van der Waals surface area (Å²) in [5, 5.41) is 4.65. The number of rotatable bonds is 2. The van der Waals surface area contributed by atoms with Gasteiger partial charge in [-0.3, -0.25) is 4.79 Å². The smallest absolute Gasteiger partial charge is 0.271 e. The largest absolute Gasteiger partial charge is 0.491 e. The van der Waals surface area contributed by atoms with Gasteiger partial charge in [0.2, 0.25) is 0 Å². The van der Waals surface area contributed by atoms with Gasteiger partial charge in [-0.25, -0.2) is 4.98 Å². The summed E-state index contributed by atoms with van der Waals surface area (Å²) in [4.78, 5) is 15.8. The molecule has 1 aliphatic heterocycles. The first-order valence-electron chi connectivity index (χ1n) is 5.25. The van der Waals surface area contributed by atoms with E-state index >= 15 is 0 Å². The van der Waals surface area contributed by atoms with Gasteiger partial charge in [-0.1, -0.05) is 18.2 Å². The number of amides is 1. The summed E-state index contributed by atoms with van der Waals surface area (Å²) in [6, 6.07) is 7.65. The average Bonchev–Trinajstić information content (AvgIpc) is 2.98. The summed E-state index contributed by atoms with van der Waals surface area (Å²) in [6.45, 7) is 0.481. The van der Waals surface area contributed by atoms with Gasteiger partial charge in [0, 0.05) is 10.9 Å². The number of hydrogen-bond donors (Lipinski definition) is 1. The van der Waals surface area contributed by atoms with Crippen molar-refractivity contribution in [3.05, 3.63) is 46.4 Å². The van der Waals surface area contributed by atoms with Gasteiger partial charge < -0.3 is 10.1 Å². The van der Waals surface area contributed by atoms with Crippen molar-refractivity contribution >= 4 is 17.2 Å². The van der Waals surface area contributed by atoms with E-state index in [1.807, 2.05) is 24.3 Å². The van der Waals surface area contributed by atoms with Crippen LogP contribution in [0.5, 0.6) is 5.75 Å². The number of para-hydroxylation sites is 1. The second-order valence-corrected chi connectivity index (χ2v) is 4.47. The molecular weight excluding hydrogens is 236 g/mol. The molecule has 0 saturated heterocycles. The van der Waals surface area contributed by atoms with E-state index in [0.29, 0.717) is 12.3 Å². The molecule has 2 heterocycles. The molecule has 3 rings (SSSR count). The maximum absolute atomic E-state index is 11.8. The minimum Gasteiger partial charge on any atom is -0.491 e. The SMILES string of the molecule is O=C(NC1COc2ccccc21)c1cscn1. The van der Waals surface area contributed by atoms with E-state index in [-0.39, 0.29) is 11.9 Å². The van der Waals surface area contributed by atoms with Gasteiger partial charge in [-0.05, 0) is 6.07 Å². The van der Waals surface area contributed by atoms with Gasteiger partial charge in [0.25, 0.3) is 5.91 Å². The molecule has 1 aromatic carbocycles. The van der Waals surface area contributed by atoms with Crippen LogP contribution >= 0.6 is 11.3 Å². The molecule has 0 spiro atoms. The van der Waals surface area contributed by atoms with Crippen LogP contribution in [-0.4, -0.2) is 17.5 Å². The number of fused-ring (bicyclic) bond motifs is 1. The molecular formula is C12H10N2O2S. The predicted octanol–water partition coefficient (Wildman–Crippen LogP) is 2.01. The maximum Gasteiger partial charge on any atom is 0.271 e. The van der Waals surface area contributed by atoms with Crippen molar-refractivity contribution in [2.75, 3.05) is 6.61 Å². The van der Waals surface area contributed by atoms with Crippen molar-refractivity contribution in [1.29, 1.82) is 0 Å². The first-order chi connectivity index (χ1) is 8.34. The lowest BCUT2D eigenvalue weighted by atomic mass is 10.1. The Morgan fingerprint density at radius 2 is 2.35 bits per heavy atom. The van der Waals surface area contributed by atoms with Crippen molar-refractivity contribution < 1.29 is 9.53 Å². The highest BCUT2D eigenvalue weighted by Crippen LogP contribution is 2.31. The number of ether oxygens (including phenoxy) is 1. The predicted molar refractivity (Wildman–Crippen MR) is 64.3 cm³/mol. The Labute approximate surface area is 102 Å². The summed E-state index contributed by atoms with van der Waals surface area (Å²) >= 11 is 1.41. The number of benzene rings is 1. The highest BCUT2D eigenvalue weighted by Gasteiger charge is 2.25. The van der Waals surface area contributed by atoms with E-state index in [2.05, 4.69) is 10.3 Å². The number of carbonyl (C=O) groups excluding carboxylic acids is 1. The molecule has 86 valence electrons. The Morgan fingerprint density at radius 3 is 3.18 bits per heavy atom. The average molecular weight is 246 g/mol. The molecule has 4 nitrogen and oxygen atoms in total. The number of nitrogens with one attached hydrogen (secondary N) is 1. The van der Waals surface area contributed by atoms with Crippen LogP contribution in [0.4, 0.5) is 0 Å². The standard InChI is InChI=1S/C12H10N2O2S/c15-12(10-6-17-7-13-10)14-9-5-16-11-4-2-1-3-8(9)11/h1-4,6-7,9H,5H2,(H,14,15).